The molecule has 25 heavy (non-hydrogen) atoms. The number of nitrogens with one attached hydrogen (secondary N) is 1. The average Bonchev–Trinajstić information content (AvgIpc) is 3.12. The van der Waals surface area contributed by atoms with Crippen LogP contribution >= 0.6 is 0 Å². The number of aromatic nitrogens is 2. The minimum Gasteiger partial charge on any atom is -0.369 e. The van der Waals surface area contributed by atoms with Gasteiger partial charge < -0.3 is 10.2 Å². The first-order valence-corrected chi connectivity index (χ1v) is 9.29. The minimum atomic E-state index is 0.483. The number of likely N-dealkylation sites (N-methyl/N-ethyl adjacent to an activating group) is 1. The van der Waals surface area contributed by atoms with Crippen LogP contribution in [0.1, 0.15) is 24.5 Å². The maximum Gasteiger partial charge on any atom is 0.137 e. The lowest BCUT2D eigenvalue weighted by molar-refractivity contribution is 0.159. The van der Waals surface area contributed by atoms with Gasteiger partial charge in [0.1, 0.15) is 18.0 Å². The molecule has 2 aliphatic rings. The summed E-state index contributed by atoms with van der Waals surface area (Å²) in [4.78, 5) is 14.0. The zero-order valence-electron chi connectivity index (χ0n) is 15.2. The van der Waals surface area contributed by atoms with Crippen molar-refractivity contribution in [3.63, 3.8) is 0 Å². The second-order valence-corrected chi connectivity index (χ2v) is 7.37. The van der Waals surface area contributed by atoms with E-state index >= 15 is 0 Å². The number of nitrogens with zero attached hydrogens (tertiary/aromatic N) is 4. The van der Waals surface area contributed by atoms with Crippen molar-refractivity contribution in [1.82, 2.24) is 14.9 Å². The molecule has 4 rings (SSSR count). The van der Waals surface area contributed by atoms with Crippen molar-refractivity contribution in [1.29, 1.82) is 0 Å². The Morgan fingerprint density at radius 3 is 2.92 bits per heavy atom. The second-order valence-electron chi connectivity index (χ2n) is 7.37. The van der Waals surface area contributed by atoms with E-state index in [0.717, 1.165) is 37.7 Å². The van der Waals surface area contributed by atoms with E-state index < -0.39 is 0 Å². The van der Waals surface area contributed by atoms with E-state index in [9.17, 15) is 0 Å². The van der Waals surface area contributed by atoms with Gasteiger partial charge in [-0.1, -0.05) is 37.3 Å². The van der Waals surface area contributed by atoms with Gasteiger partial charge in [0.15, 0.2) is 0 Å². The Kier molecular flexibility index (Phi) is 4.57. The fraction of sp³-hybridized carbons (Fsp3) is 0.500. The molecule has 3 heterocycles. The zero-order valence-corrected chi connectivity index (χ0v) is 15.2. The third-order valence-corrected chi connectivity index (χ3v) is 5.67. The highest BCUT2D eigenvalue weighted by atomic mass is 15.3. The SMILES string of the molecule is C[C@@H]1CCN(Cc2ccccc2)C[C@@H]1N(C)c1ncnc2c1CCN2. The van der Waals surface area contributed by atoms with Gasteiger partial charge in [0.05, 0.1) is 0 Å². The van der Waals surface area contributed by atoms with Crippen LogP contribution in [0.5, 0.6) is 0 Å². The molecular weight excluding hydrogens is 310 g/mol. The van der Waals surface area contributed by atoms with E-state index in [1.54, 1.807) is 6.33 Å². The number of fused-ring (bicyclic) bond motifs is 1. The van der Waals surface area contributed by atoms with Gasteiger partial charge in [0.2, 0.25) is 0 Å². The lowest BCUT2D eigenvalue weighted by Crippen LogP contribution is -2.51. The standard InChI is InChI=1S/C20H27N5/c1-15-9-11-25(12-16-6-4-3-5-7-16)13-18(15)24(2)20-17-8-10-21-19(17)22-14-23-20/h3-7,14-15,18H,8-13H2,1-2H3,(H,21,22,23)/t15-,18+/m1/s1. The molecule has 0 radical (unpaired) electrons. The predicted molar refractivity (Wildman–Crippen MR) is 102 cm³/mol. The molecule has 5 nitrogen and oxygen atoms in total. The highest BCUT2D eigenvalue weighted by Crippen LogP contribution is 2.31. The lowest BCUT2D eigenvalue weighted by Gasteiger charge is -2.42. The summed E-state index contributed by atoms with van der Waals surface area (Å²) in [7, 11) is 2.20. The summed E-state index contributed by atoms with van der Waals surface area (Å²) < 4.78 is 0. The van der Waals surface area contributed by atoms with Crippen LogP contribution in [0.4, 0.5) is 11.6 Å². The summed E-state index contributed by atoms with van der Waals surface area (Å²) in [6.45, 7) is 6.62. The maximum absolute atomic E-state index is 4.63. The number of likely N-dealkylation sites (tertiary alicyclic amines) is 1. The molecule has 1 aromatic heterocycles. The Balaban J connectivity index is 1.51. The Bertz CT molecular complexity index is 717. The van der Waals surface area contributed by atoms with E-state index in [2.05, 4.69) is 69.4 Å². The smallest absolute Gasteiger partial charge is 0.137 e. The molecule has 2 aliphatic heterocycles. The predicted octanol–water partition coefficient (Wildman–Crippen LogP) is 2.79. The summed E-state index contributed by atoms with van der Waals surface area (Å²) in [5, 5.41) is 3.36. The molecule has 5 heteroatoms. The largest absolute Gasteiger partial charge is 0.369 e. The topological polar surface area (TPSA) is 44.3 Å². The molecule has 0 unspecified atom stereocenters. The van der Waals surface area contributed by atoms with Gasteiger partial charge in [-0.05, 0) is 30.9 Å². The van der Waals surface area contributed by atoms with Gasteiger partial charge in [0.25, 0.3) is 0 Å². The summed E-state index contributed by atoms with van der Waals surface area (Å²) in [6, 6.07) is 11.3. The molecule has 1 N–H and O–H groups in total. The third-order valence-electron chi connectivity index (χ3n) is 5.67. The van der Waals surface area contributed by atoms with Crippen molar-refractivity contribution in [3.05, 3.63) is 47.8 Å². The number of anilines is 2. The van der Waals surface area contributed by atoms with Crippen LogP contribution in [0.25, 0.3) is 0 Å². The lowest BCUT2D eigenvalue weighted by atomic mass is 9.91. The van der Waals surface area contributed by atoms with Crippen LogP contribution in [0.15, 0.2) is 36.7 Å². The second kappa shape index (κ2) is 7.00. The molecule has 1 fully saturated rings. The quantitative estimate of drug-likeness (QED) is 0.929. The van der Waals surface area contributed by atoms with E-state index in [1.165, 1.54) is 24.1 Å². The van der Waals surface area contributed by atoms with Gasteiger partial charge in [-0.25, -0.2) is 9.97 Å². The Labute approximate surface area is 150 Å². The molecule has 2 aromatic rings. The molecule has 0 aliphatic carbocycles. The van der Waals surface area contributed by atoms with Crippen molar-refractivity contribution >= 4 is 11.6 Å². The molecule has 2 atom stereocenters. The highest BCUT2D eigenvalue weighted by Gasteiger charge is 2.31. The van der Waals surface area contributed by atoms with Crippen molar-refractivity contribution in [2.75, 3.05) is 36.9 Å². The summed E-state index contributed by atoms with van der Waals surface area (Å²) in [6.07, 6.45) is 3.94. The van der Waals surface area contributed by atoms with E-state index in [-0.39, 0.29) is 0 Å². The fourth-order valence-electron chi connectivity index (χ4n) is 4.16. The van der Waals surface area contributed by atoms with Crippen LogP contribution in [0.3, 0.4) is 0 Å². The van der Waals surface area contributed by atoms with Crippen LogP contribution in [0.2, 0.25) is 0 Å². The minimum absolute atomic E-state index is 0.483. The summed E-state index contributed by atoms with van der Waals surface area (Å²) >= 11 is 0. The van der Waals surface area contributed by atoms with Gasteiger partial charge >= 0.3 is 0 Å². The first kappa shape index (κ1) is 16.3. The Morgan fingerprint density at radius 1 is 1.24 bits per heavy atom. The zero-order chi connectivity index (χ0) is 17.2. The Morgan fingerprint density at radius 2 is 2.08 bits per heavy atom. The van der Waals surface area contributed by atoms with Crippen molar-refractivity contribution in [2.24, 2.45) is 5.92 Å². The third kappa shape index (κ3) is 3.33. The molecule has 1 aromatic carbocycles. The highest BCUT2D eigenvalue weighted by molar-refractivity contribution is 5.62. The fourth-order valence-corrected chi connectivity index (χ4v) is 4.16. The molecular formula is C20H27N5. The monoisotopic (exact) mass is 337 g/mol. The van der Waals surface area contributed by atoms with Crippen LogP contribution < -0.4 is 10.2 Å². The van der Waals surface area contributed by atoms with Gasteiger partial charge in [-0.3, -0.25) is 4.90 Å². The normalized spacial score (nSPS) is 23.1. The van der Waals surface area contributed by atoms with E-state index in [4.69, 9.17) is 0 Å². The number of piperidine rings is 1. The van der Waals surface area contributed by atoms with Crippen LogP contribution in [0, 0.1) is 5.92 Å². The molecule has 0 saturated carbocycles. The summed E-state index contributed by atoms with van der Waals surface area (Å²) in [5.41, 5.74) is 2.67. The molecule has 132 valence electrons. The van der Waals surface area contributed by atoms with Crippen LogP contribution in [-0.4, -0.2) is 47.6 Å². The number of benzene rings is 1. The van der Waals surface area contributed by atoms with Gasteiger partial charge in [-0.15, -0.1) is 0 Å². The molecule has 0 amide bonds. The van der Waals surface area contributed by atoms with Gasteiger partial charge in [-0.2, -0.15) is 0 Å². The summed E-state index contributed by atoms with van der Waals surface area (Å²) in [5.74, 6) is 2.78. The average molecular weight is 337 g/mol. The Hall–Kier alpha value is -2.14. The first-order chi connectivity index (χ1) is 12.2. The number of hydrogen-bond acceptors (Lipinski definition) is 5. The molecule has 1 saturated heterocycles. The van der Waals surface area contributed by atoms with Crippen molar-refractivity contribution in [3.8, 4) is 0 Å². The molecule has 0 bridgehead atoms. The first-order valence-electron chi connectivity index (χ1n) is 9.29. The van der Waals surface area contributed by atoms with Gasteiger partial charge in [0, 0.05) is 38.3 Å². The van der Waals surface area contributed by atoms with Crippen molar-refractivity contribution in [2.45, 2.75) is 32.4 Å². The molecule has 0 spiro atoms. The number of rotatable bonds is 4. The number of hydrogen-bond donors (Lipinski definition) is 1. The van der Waals surface area contributed by atoms with E-state index in [0.29, 0.717) is 12.0 Å². The van der Waals surface area contributed by atoms with Crippen LogP contribution in [-0.2, 0) is 13.0 Å². The van der Waals surface area contributed by atoms with Crippen molar-refractivity contribution < 1.29 is 0 Å². The van der Waals surface area contributed by atoms with E-state index in [1.807, 2.05) is 0 Å². The maximum atomic E-state index is 4.63.